The van der Waals surface area contributed by atoms with Crippen molar-refractivity contribution < 1.29 is 23.8 Å². The van der Waals surface area contributed by atoms with Gasteiger partial charge in [0.1, 0.15) is 18.4 Å². The van der Waals surface area contributed by atoms with Crippen molar-refractivity contribution in [2.24, 2.45) is 0 Å². The first kappa shape index (κ1) is 20.0. The van der Waals surface area contributed by atoms with Gasteiger partial charge in [0.25, 0.3) is 0 Å². The second-order valence-electron chi connectivity index (χ2n) is 7.00. The molecule has 2 aromatic rings. The number of hydrogen-bond donors (Lipinski definition) is 0. The monoisotopic (exact) mass is 435 g/mol. The molecule has 4 rings (SSSR count). The zero-order chi connectivity index (χ0) is 20.8. The number of rotatable bonds is 4. The predicted molar refractivity (Wildman–Crippen MR) is 109 cm³/mol. The first-order chi connectivity index (χ1) is 14.0. The Kier molecular flexibility index (Phi) is 5.19. The van der Waals surface area contributed by atoms with Crippen molar-refractivity contribution in [2.45, 2.75) is 17.8 Å². The van der Waals surface area contributed by atoms with Crippen molar-refractivity contribution in [3.63, 3.8) is 0 Å². The van der Waals surface area contributed by atoms with E-state index in [1.807, 2.05) is 0 Å². The zero-order valence-electron chi connectivity index (χ0n) is 15.9. The summed E-state index contributed by atoms with van der Waals surface area (Å²) < 4.78 is 16.1. The smallest absolute Gasteiger partial charge is 0.315 e. The third-order valence-corrected chi connectivity index (χ3v) is 6.09. The van der Waals surface area contributed by atoms with Gasteiger partial charge in [0.05, 0.1) is 29.8 Å². The van der Waals surface area contributed by atoms with Crippen LogP contribution < -0.4 is 9.64 Å². The molecule has 1 fully saturated rings. The van der Waals surface area contributed by atoms with Crippen LogP contribution in [0.2, 0.25) is 10.0 Å². The molecule has 0 aliphatic carbocycles. The molecule has 0 N–H and O–H groups in total. The molecule has 0 aromatic heterocycles. The molecule has 1 saturated heterocycles. The van der Waals surface area contributed by atoms with Crippen LogP contribution in [0.1, 0.15) is 23.5 Å². The number of halogens is 2. The molecule has 29 heavy (non-hydrogen) atoms. The molecule has 6 nitrogen and oxygen atoms in total. The SMILES string of the molecule is COCN1C(=O)C2(CCOC(=O)C2c2ccccc2OC)c2cc(Cl)cc(Cl)c21. The third kappa shape index (κ3) is 2.89. The summed E-state index contributed by atoms with van der Waals surface area (Å²) in [6.45, 7) is 0.114. The van der Waals surface area contributed by atoms with Crippen LogP contribution in [0.25, 0.3) is 0 Å². The molecule has 1 spiro atoms. The van der Waals surface area contributed by atoms with Crippen LogP contribution in [0.3, 0.4) is 0 Å². The number of nitrogens with zero attached hydrogens (tertiary/aromatic N) is 1. The van der Waals surface area contributed by atoms with Gasteiger partial charge in [-0.2, -0.15) is 0 Å². The molecule has 2 atom stereocenters. The molecule has 2 aliphatic heterocycles. The number of hydrogen-bond acceptors (Lipinski definition) is 5. The molecule has 8 heteroatoms. The number of carbonyl (C=O) groups excluding carboxylic acids is 2. The Morgan fingerprint density at radius 1 is 1.21 bits per heavy atom. The van der Waals surface area contributed by atoms with Gasteiger partial charge in [-0.15, -0.1) is 0 Å². The maximum absolute atomic E-state index is 13.8. The summed E-state index contributed by atoms with van der Waals surface area (Å²) in [7, 11) is 3.02. The Morgan fingerprint density at radius 2 is 1.97 bits per heavy atom. The number of amides is 1. The Hall–Kier alpha value is -2.28. The minimum absolute atomic E-state index is 0.00261. The van der Waals surface area contributed by atoms with Gasteiger partial charge in [0, 0.05) is 24.1 Å². The fourth-order valence-electron chi connectivity index (χ4n) is 4.45. The lowest BCUT2D eigenvalue weighted by atomic mass is 9.65. The van der Waals surface area contributed by atoms with Crippen molar-refractivity contribution in [1.29, 1.82) is 0 Å². The van der Waals surface area contributed by atoms with Gasteiger partial charge in [0.15, 0.2) is 0 Å². The highest BCUT2D eigenvalue weighted by molar-refractivity contribution is 6.38. The summed E-state index contributed by atoms with van der Waals surface area (Å²) in [6, 6.07) is 10.4. The number of cyclic esters (lactones) is 1. The molecular weight excluding hydrogens is 417 g/mol. The van der Waals surface area contributed by atoms with Crippen molar-refractivity contribution in [3.8, 4) is 5.75 Å². The van der Waals surface area contributed by atoms with Gasteiger partial charge in [-0.3, -0.25) is 14.5 Å². The van der Waals surface area contributed by atoms with Crippen LogP contribution in [-0.4, -0.2) is 39.4 Å². The van der Waals surface area contributed by atoms with Gasteiger partial charge in [-0.05, 0) is 23.8 Å². The summed E-state index contributed by atoms with van der Waals surface area (Å²) in [6.07, 6.45) is 0.296. The minimum Gasteiger partial charge on any atom is -0.496 e. The van der Waals surface area contributed by atoms with Crippen molar-refractivity contribution in [2.75, 3.05) is 32.5 Å². The number of esters is 1. The Morgan fingerprint density at radius 3 is 2.69 bits per heavy atom. The molecule has 0 radical (unpaired) electrons. The van der Waals surface area contributed by atoms with Gasteiger partial charge in [-0.25, -0.2) is 0 Å². The van der Waals surface area contributed by atoms with Crippen LogP contribution in [-0.2, 0) is 24.5 Å². The van der Waals surface area contributed by atoms with Crippen LogP contribution in [0.15, 0.2) is 36.4 Å². The lowest BCUT2D eigenvalue weighted by molar-refractivity contribution is -0.156. The highest BCUT2D eigenvalue weighted by Gasteiger charge is 2.61. The fraction of sp³-hybridized carbons (Fsp3) is 0.333. The quantitative estimate of drug-likeness (QED) is 0.680. The molecule has 0 saturated carbocycles. The van der Waals surface area contributed by atoms with E-state index in [2.05, 4.69) is 0 Å². The Bertz CT molecular complexity index is 995. The summed E-state index contributed by atoms with van der Waals surface area (Å²) in [5, 5.41) is 0.713. The van der Waals surface area contributed by atoms with Crippen LogP contribution in [0.4, 0.5) is 5.69 Å². The fourth-order valence-corrected chi connectivity index (χ4v) is 5.05. The molecule has 152 valence electrons. The van der Waals surface area contributed by atoms with E-state index in [4.69, 9.17) is 37.4 Å². The molecule has 1 amide bonds. The molecule has 2 unspecified atom stereocenters. The van der Waals surface area contributed by atoms with E-state index in [1.54, 1.807) is 36.4 Å². The first-order valence-corrected chi connectivity index (χ1v) is 9.81. The number of benzene rings is 2. The first-order valence-electron chi connectivity index (χ1n) is 9.05. The topological polar surface area (TPSA) is 65.1 Å². The van der Waals surface area contributed by atoms with Crippen molar-refractivity contribution in [3.05, 3.63) is 57.6 Å². The number of carbonyl (C=O) groups is 2. The third-order valence-electron chi connectivity index (χ3n) is 5.58. The van der Waals surface area contributed by atoms with E-state index < -0.39 is 17.3 Å². The molecule has 0 bridgehead atoms. The highest BCUT2D eigenvalue weighted by Crippen LogP contribution is 2.57. The Balaban J connectivity index is 2.02. The van der Waals surface area contributed by atoms with Crippen molar-refractivity contribution in [1.82, 2.24) is 0 Å². The second kappa shape index (κ2) is 7.52. The minimum atomic E-state index is -1.22. The maximum atomic E-state index is 13.8. The summed E-state index contributed by atoms with van der Waals surface area (Å²) in [5.41, 5.74) is 0.475. The van der Waals surface area contributed by atoms with Crippen LogP contribution >= 0.6 is 23.2 Å². The van der Waals surface area contributed by atoms with Crippen LogP contribution in [0.5, 0.6) is 5.75 Å². The molecular formula is C21H19Cl2NO5. The number of ether oxygens (including phenoxy) is 3. The second-order valence-corrected chi connectivity index (χ2v) is 7.84. The normalized spacial score (nSPS) is 23.3. The summed E-state index contributed by atoms with van der Waals surface area (Å²) in [5.74, 6) is -1.17. The van der Waals surface area contributed by atoms with Crippen molar-refractivity contribution >= 4 is 40.8 Å². The van der Waals surface area contributed by atoms with E-state index in [0.717, 1.165) is 0 Å². The highest BCUT2D eigenvalue weighted by atomic mass is 35.5. The molecule has 2 aliphatic rings. The van der Waals surface area contributed by atoms with Gasteiger partial charge >= 0.3 is 5.97 Å². The lowest BCUT2D eigenvalue weighted by Gasteiger charge is -2.39. The van der Waals surface area contributed by atoms with Crippen LogP contribution in [0, 0.1) is 0 Å². The van der Waals surface area contributed by atoms with Gasteiger partial charge in [-0.1, -0.05) is 41.4 Å². The average Bonchev–Trinajstić information content (AvgIpc) is 2.92. The van der Waals surface area contributed by atoms with E-state index in [0.29, 0.717) is 39.0 Å². The standard InChI is InChI=1S/C21H19Cl2NO5/c1-27-11-24-18-14(9-12(22)10-15(18)23)21(20(24)26)7-8-29-19(25)17(21)13-5-3-4-6-16(13)28-2/h3-6,9-10,17H,7-8,11H2,1-2H3. The number of para-hydroxylation sites is 1. The maximum Gasteiger partial charge on any atom is 0.315 e. The summed E-state index contributed by atoms with van der Waals surface area (Å²) in [4.78, 5) is 28.4. The number of fused-ring (bicyclic) bond motifs is 2. The lowest BCUT2D eigenvalue weighted by Crippen LogP contribution is -2.51. The van der Waals surface area contributed by atoms with E-state index >= 15 is 0 Å². The van der Waals surface area contributed by atoms with E-state index in [-0.39, 0.29) is 19.2 Å². The average molecular weight is 436 g/mol. The Labute approximate surface area is 178 Å². The molecule has 2 aromatic carbocycles. The summed E-state index contributed by atoms with van der Waals surface area (Å²) >= 11 is 12.8. The van der Waals surface area contributed by atoms with E-state index in [1.165, 1.54) is 19.1 Å². The number of anilines is 1. The van der Waals surface area contributed by atoms with Gasteiger partial charge < -0.3 is 14.2 Å². The van der Waals surface area contributed by atoms with Gasteiger partial charge in [0.2, 0.25) is 5.91 Å². The number of methoxy groups -OCH3 is 2. The van der Waals surface area contributed by atoms with E-state index in [9.17, 15) is 9.59 Å². The predicted octanol–water partition coefficient (Wildman–Crippen LogP) is 3.92. The largest absolute Gasteiger partial charge is 0.496 e. The molecule has 2 heterocycles. The zero-order valence-corrected chi connectivity index (χ0v) is 17.4.